The van der Waals surface area contributed by atoms with Gasteiger partial charge in [-0.25, -0.2) is 0 Å². The summed E-state index contributed by atoms with van der Waals surface area (Å²) in [5.74, 6) is 0.0486. The molecule has 0 fully saturated rings. The van der Waals surface area contributed by atoms with Gasteiger partial charge >= 0.3 is 0 Å². The molecule has 3 aromatic rings. The van der Waals surface area contributed by atoms with Crippen molar-refractivity contribution in [1.29, 1.82) is 0 Å². The topological polar surface area (TPSA) is 99.1 Å². The van der Waals surface area contributed by atoms with Crippen LogP contribution in [0.4, 0.5) is 11.4 Å². The number of ether oxygens (including phenoxy) is 1. The van der Waals surface area contributed by atoms with Crippen molar-refractivity contribution in [3.8, 4) is 11.6 Å². The van der Waals surface area contributed by atoms with Gasteiger partial charge in [-0.2, -0.15) is 0 Å². The summed E-state index contributed by atoms with van der Waals surface area (Å²) < 4.78 is 5.20. The van der Waals surface area contributed by atoms with E-state index in [0.29, 0.717) is 16.8 Å². The molecule has 7 heteroatoms. The third-order valence-corrected chi connectivity index (χ3v) is 3.46. The molecular weight excluding hydrogens is 308 g/mol. The Balaban J connectivity index is 1.70. The molecule has 1 aromatic heterocycles. The Bertz CT molecular complexity index is 902. The fourth-order valence-electron chi connectivity index (χ4n) is 2.32. The maximum absolute atomic E-state index is 11.9. The molecule has 0 spiro atoms. The second-order valence-electron chi connectivity index (χ2n) is 5.02. The number of nitrogens with zero attached hydrogens (tertiary/aromatic N) is 2. The standard InChI is InChI=1S/C17H16N4O3/c1-24-14-9-5-4-8-13(14)18-10-15(22)20-21-16-11-6-2-3-7-12(11)19-17(16)23/h2-9,18-19,23H,10H2,1H3. The van der Waals surface area contributed by atoms with Crippen molar-refractivity contribution in [3.63, 3.8) is 0 Å². The van der Waals surface area contributed by atoms with Gasteiger partial charge in [-0.15, -0.1) is 10.2 Å². The summed E-state index contributed by atoms with van der Waals surface area (Å²) in [6.07, 6.45) is 0. The molecular formula is C17H16N4O3. The Labute approximate surface area is 138 Å². The highest BCUT2D eigenvalue weighted by atomic mass is 16.5. The summed E-state index contributed by atoms with van der Waals surface area (Å²) in [6.45, 7) is -0.0347. The van der Waals surface area contributed by atoms with Crippen molar-refractivity contribution in [1.82, 2.24) is 4.98 Å². The van der Waals surface area contributed by atoms with E-state index in [1.54, 1.807) is 31.4 Å². The minimum absolute atomic E-state index is 0.0347. The van der Waals surface area contributed by atoms with Gasteiger partial charge in [-0.3, -0.25) is 4.79 Å². The summed E-state index contributed by atoms with van der Waals surface area (Å²) in [4.78, 5) is 14.7. The fraction of sp³-hybridized carbons (Fsp3) is 0.118. The smallest absolute Gasteiger partial charge is 0.283 e. The van der Waals surface area contributed by atoms with Crippen LogP contribution >= 0.6 is 0 Å². The number of benzene rings is 2. The first-order chi connectivity index (χ1) is 11.7. The molecule has 7 nitrogen and oxygen atoms in total. The number of H-pyrrole nitrogens is 1. The molecule has 2 aromatic carbocycles. The van der Waals surface area contributed by atoms with Crippen molar-refractivity contribution in [2.75, 3.05) is 19.0 Å². The predicted molar refractivity (Wildman–Crippen MR) is 91.0 cm³/mol. The van der Waals surface area contributed by atoms with E-state index in [1.165, 1.54) is 0 Å². The summed E-state index contributed by atoms with van der Waals surface area (Å²) in [6, 6.07) is 14.5. The lowest BCUT2D eigenvalue weighted by atomic mass is 10.2. The lowest BCUT2D eigenvalue weighted by Crippen LogP contribution is -2.11. The van der Waals surface area contributed by atoms with Gasteiger partial charge in [0.05, 0.1) is 24.9 Å². The zero-order chi connectivity index (χ0) is 16.9. The van der Waals surface area contributed by atoms with E-state index in [0.717, 1.165) is 5.52 Å². The highest BCUT2D eigenvalue weighted by Crippen LogP contribution is 2.35. The number of aromatic nitrogens is 1. The van der Waals surface area contributed by atoms with E-state index in [-0.39, 0.29) is 18.1 Å². The van der Waals surface area contributed by atoms with Crippen molar-refractivity contribution in [2.45, 2.75) is 0 Å². The Hall–Kier alpha value is -3.35. The number of aromatic hydroxyl groups is 1. The molecule has 3 rings (SSSR count). The van der Waals surface area contributed by atoms with Crippen LogP contribution in [-0.2, 0) is 4.79 Å². The predicted octanol–water partition coefficient (Wildman–Crippen LogP) is 3.60. The minimum atomic E-state index is -0.467. The van der Waals surface area contributed by atoms with E-state index in [9.17, 15) is 9.90 Å². The first-order valence-corrected chi connectivity index (χ1v) is 7.30. The summed E-state index contributed by atoms with van der Waals surface area (Å²) in [7, 11) is 1.56. The van der Waals surface area contributed by atoms with E-state index in [2.05, 4.69) is 20.5 Å². The van der Waals surface area contributed by atoms with Gasteiger partial charge < -0.3 is 20.1 Å². The number of para-hydroxylation sites is 3. The Morgan fingerprint density at radius 2 is 1.96 bits per heavy atom. The average Bonchev–Trinajstić information content (AvgIpc) is 2.93. The lowest BCUT2D eigenvalue weighted by Gasteiger charge is -2.08. The molecule has 0 aliphatic heterocycles. The number of hydrogen-bond donors (Lipinski definition) is 3. The first kappa shape index (κ1) is 15.5. The zero-order valence-electron chi connectivity index (χ0n) is 13.0. The van der Waals surface area contributed by atoms with Gasteiger partial charge in [0.15, 0.2) is 5.69 Å². The third kappa shape index (κ3) is 3.19. The minimum Gasteiger partial charge on any atom is -0.495 e. The quantitative estimate of drug-likeness (QED) is 0.624. The Morgan fingerprint density at radius 3 is 2.79 bits per heavy atom. The molecule has 0 radical (unpaired) electrons. The Kier molecular flexibility index (Phi) is 4.42. The van der Waals surface area contributed by atoms with Gasteiger partial charge in [0.1, 0.15) is 5.75 Å². The number of carbonyl (C=O) groups is 1. The molecule has 122 valence electrons. The van der Waals surface area contributed by atoms with Crippen LogP contribution in [-0.4, -0.2) is 29.7 Å². The van der Waals surface area contributed by atoms with Crippen molar-refractivity contribution in [2.24, 2.45) is 10.2 Å². The fourth-order valence-corrected chi connectivity index (χ4v) is 2.32. The monoisotopic (exact) mass is 324 g/mol. The maximum atomic E-state index is 11.9. The van der Waals surface area contributed by atoms with Crippen LogP contribution in [0.15, 0.2) is 58.8 Å². The first-order valence-electron chi connectivity index (χ1n) is 7.30. The molecule has 3 N–H and O–H groups in total. The number of amides is 1. The SMILES string of the molecule is COc1ccccc1NCC(=O)N=Nc1c(O)[nH]c2ccccc12. The number of aromatic amines is 1. The van der Waals surface area contributed by atoms with Crippen LogP contribution in [0.25, 0.3) is 10.9 Å². The van der Waals surface area contributed by atoms with Crippen LogP contribution in [0.5, 0.6) is 11.6 Å². The van der Waals surface area contributed by atoms with Gasteiger partial charge in [-0.1, -0.05) is 30.3 Å². The number of hydrogen-bond acceptors (Lipinski definition) is 5. The van der Waals surface area contributed by atoms with Crippen LogP contribution in [0.2, 0.25) is 0 Å². The second-order valence-corrected chi connectivity index (χ2v) is 5.02. The molecule has 0 saturated heterocycles. The molecule has 0 saturated carbocycles. The number of azo groups is 1. The van der Waals surface area contributed by atoms with Gasteiger partial charge in [0, 0.05) is 5.39 Å². The zero-order valence-corrected chi connectivity index (χ0v) is 13.0. The van der Waals surface area contributed by atoms with Crippen molar-refractivity contribution < 1.29 is 14.6 Å². The molecule has 1 amide bonds. The highest BCUT2D eigenvalue weighted by molar-refractivity contribution is 5.94. The number of rotatable bonds is 5. The van der Waals surface area contributed by atoms with Crippen LogP contribution in [0.1, 0.15) is 0 Å². The molecule has 0 aliphatic rings. The molecule has 1 heterocycles. The molecule has 0 aliphatic carbocycles. The van der Waals surface area contributed by atoms with Crippen LogP contribution < -0.4 is 10.1 Å². The number of carbonyl (C=O) groups excluding carboxylic acids is 1. The number of fused-ring (bicyclic) bond motifs is 1. The highest BCUT2D eigenvalue weighted by Gasteiger charge is 2.10. The van der Waals surface area contributed by atoms with Gasteiger partial charge in [0.2, 0.25) is 5.88 Å². The number of methoxy groups -OCH3 is 1. The molecule has 24 heavy (non-hydrogen) atoms. The van der Waals surface area contributed by atoms with E-state index < -0.39 is 5.91 Å². The van der Waals surface area contributed by atoms with E-state index in [4.69, 9.17) is 4.74 Å². The van der Waals surface area contributed by atoms with Crippen molar-refractivity contribution >= 4 is 28.2 Å². The maximum Gasteiger partial charge on any atom is 0.283 e. The van der Waals surface area contributed by atoms with Crippen molar-refractivity contribution in [3.05, 3.63) is 48.5 Å². The normalized spacial score (nSPS) is 11.0. The lowest BCUT2D eigenvalue weighted by molar-refractivity contribution is -0.116. The molecule has 0 unspecified atom stereocenters. The van der Waals surface area contributed by atoms with Crippen LogP contribution in [0.3, 0.4) is 0 Å². The number of anilines is 1. The Morgan fingerprint density at radius 1 is 1.21 bits per heavy atom. The summed E-state index contributed by atoms with van der Waals surface area (Å²) in [5, 5.41) is 21.0. The van der Waals surface area contributed by atoms with E-state index in [1.807, 2.05) is 24.3 Å². The molecule has 0 bridgehead atoms. The van der Waals surface area contributed by atoms with Gasteiger partial charge in [-0.05, 0) is 18.2 Å². The molecule has 0 atom stereocenters. The van der Waals surface area contributed by atoms with Gasteiger partial charge in [0.25, 0.3) is 5.91 Å². The largest absolute Gasteiger partial charge is 0.495 e. The van der Waals surface area contributed by atoms with Crippen LogP contribution in [0, 0.1) is 0 Å². The second kappa shape index (κ2) is 6.82. The number of nitrogens with one attached hydrogen (secondary N) is 2. The summed E-state index contributed by atoms with van der Waals surface area (Å²) in [5.41, 5.74) is 1.67. The third-order valence-electron chi connectivity index (χ3n) is 3.46. The van der Waals surface area contributed by atoms with E-state index >= 15 is 0 Å². The average molecular weight is 324 g/mol. The summed E-state index contributed by atoms with van der Waals surface area (Å²) >= 11 is 0.